The third-order valence-corrected chi connectivity index (χ3v) is 3.76. The molecule has 0 amide bonds. The number of carbonyl (C=O) groups excluding carboxylic acids is 1. The average molecular weight is 365 g/mol. The Balaban J connectivity index is 2.50. The first-order valence-electron chi connectivity index (χ1n) is 4.38. The molecule has 0 radical (unpaired) electrons. The monoisotopic (exact) mass is 364 g/mol. The van der Waals surface area contributed by atoms with Gasteiger partial charge in [-0.2, -0.15) is 0 Å². The first-order chi connectivity index (χ1) is 7.59. The van der Waals surface area contributed by atoms with E-state index in [4.69, 9.17) is 11.6 Å². The van der Waals surface area contributed by atoms with Gasteiger partial charge >= 0.3 is 0 Å². The minimum Gasteiger partial charge on any atom is -0.305 e. The Hall–Kier alpha value is -0.450. The van der Waals surface area contributed by atoms with Crippen LogP contribution in [0.3, 0.4) is 0 Å². The summed E-state index contributed by atoms with van der Waals surface area (Å²) in [5, 5.41) is 1.55. The zero-order chi connectivity index (χ0) is 11.7. The van der Waals surface area contributed by atoms with Gasteiger partial charge in [-0.25, -0.2) is 4.98 Å². The molecule has 0 aliphatic rings. The predicted molar refractivity (Wildman–Crippen MR) is 76.3 cm³/mol. The largest absolute Gasteiger partial charge is 0.305 e. The number of rotatable bonds is 2. The normalized spacial score (nSPS) is 10.4. The number of hydrogen-bond donors (Lipinski definition) is 0. The molecular formula is C10H7ClIN2OP. The van der Waals surface area contributed by atoms with E-state index in [-0.39, 0.29) is 3.79 Å². The summed E-state index contributed by atoms with van der Waals surface area (Å²) in [7, 11) is 2.58. The van der Waals surface area contributed by atoms with E-state index in [1.807, 2.05) is 18.2 Å². The molecule has 0 spiro atoms. The van der Waals surface area contributed by atoms with Gasteiger partial charge in [0.25, 0.3) is 0 Å². The highest BCUT2D eigenvalue weighted by molar-refractivity contribution is 14.1. The van der Waals surface area contributed by atoms with E-state index >= 15 is 0 Å². The van der Waals surface area contributed by atoms with Gasteiger partial charge in [-0.05, 0) is 12.1 Å². The number of aromatic nitrogens is 2. The Bertz CT molecular complexity index is 556. The van der Waals surface area contributed by atoms with Crippen LogP contribution < -0.4 is 5.30 Å². The molecule has 0 fully saturated rings. The molecule has 0 aliphatic heterocycles. The molecule has 2 rings (SSSR count). The van der Waals surface area contributed by atoms with Crippen LogP contribution in [0.5, 0.6) is 0 Å². The van der Waals surface area contributed by atoms with Gasteiger partial charge in [-0.15, -0.1) is 9.24 Å². The summed E-state index contributed by atoms with van der Waals surface area (Å²) in [4.78, 5) is 15.1. The number of hydrogen-bond acceptors (Lipinski definition) is 2. The van der Waals surface area contributed by atoms with E-state index in [0.717, 1.165) is 11.0 Å². The van der Waals surface area contributed by atoms with E-state index in [1.165, 1.54) is 0 Å². The summed E-state index contributed by atoms with van der Waals surface area (Å²) < 4.78 is 1.70. The second-order valence-electron chi connectivity index (χ2n) is 3.11. The van der Waals surface area contributed by atoms with Crippen molar-refractivity contribution >= 4 is 52.5 Å². The predicted octanol–water partition coefficient (Wildman–Crippen LogP) is 2.60. The molecule has 1 aromatic carbocycles. The van der Waals surface area contributed by atoms with E-state index in [1.54, 1.807) is 39.7 Å². The summed E-state index contributed by atoms with van der Waals surface area (Å²) in [6.45, 7) is 0. The number of benzene rings is 1. The molecule has 0 saturated carbocycles. The van der Waals surface area contributed by atoms with Gasteiger partial charge in [0.1, 0.15) is 12.0 Å². The van der Waals surface area contributed by atoms with Gasteiger partial charge in [-0.1, -0.05) is 17.7 Å². The van der Waals surface area contributed by atoms with Crippen molar-refractivity contribution in [1.29, 1.82) is 0 Å². The molecule has 0 saturated heterocycles. The number of halogens is 2. The lowest BCUT2D eigenvalue weighted by Crippen LogP contribution is -2.04. The lowest BCUT2D eigenvalue weighted by molar-refractivity contribution is 0.110. The summed E-state index contributed by atoms with van der Waals surface area (Å²) in [6, 6.07) is 5.59. The van der Waals surface area contributed by atoms with Gasteiger partial charge in [0.05, 0.1) is 5.69 Å². The van der Waals surface area contributed by atoms with Crippen LogP contribution in [0, 0.1) is 0 Å². The molecular weight excluding hydrogens is 357 g/mol. The summed E-state index contributed by atoms with van der Waals surface area (Å²) in [5.41, 5.74) is 1.33. The minimum atomic E-state index is -0.0799. The molecule has 0 N–H and O–H groups in total. The first kappa shape index (κ1) is 12.0. The Morgan fingerprint density at radius 3 is 2.88 bits per heavy atom. The molecule has 1 aromatic heterocycles. The van der Waals surface area contributed by atoms with E-state index < -0.39 is 0 Å². The zero-order valence-electron chi connectivity index (χ0n) is 8.02. The molecule has 1 unspecified atom stereocenters. The van der Waals surface area contributed by atoms with Crippen LogP contribution in [0.15, 0.2) is 30.7 Å². The van der Waals surface area contributed by atoms with Gasteiger partial charge in [-0.3, -0.25) is 4.79 Å². The molecule has 6 heteroatoms. The maximum atomic E-state index is 11.1. The van der Waals surface area contributed by atoms with Crippen LogP contribution in [0.25, 0.3) is 5.69 Å². The van der Waals surface area contributed by atoms with Crippen molar-refractivity contribution in [3.05, 3.63) is 41.4 Å². The van der Waals surface area contributed by atoms with Crippen molar-refractivity contribution in [3.63, 3.8) is 0 Å². The fraction of sp³-hybridized carbons (Fsp3) is 0. The number of imidazole rings is 1. The maximum absolute atomic E-state index is 11.1. The molecule has 1 atom stereocenters. The van der Waals surface area contributed by atoms with E-state index in [0.29, 0.717) is 10.7 Å². The summed E-state index contributed by atoms with van der Waals surface area (Å²) in [5.74, 6) is 0. The molecule has 0 bridgehead atoms. The van der Waals surface area contributed by atoms with Gasteiger partial charge in [0, 0.05) is 39.1 Å². The van der Waals surface area contributed by atoms with Crippen molar-refractivity contribution in [2.45, 2.75) is 0 Å². The van der Waals surface area contributed by atoms with Crippen LogP contribution in [-0.2, 0) is 0 Å². The van der Waals surface area contributed by atoms with Crippen molar-refractivity contribution in [3.8, 4) is 5.69 Å². The second kappa shape index (κ2) is 4.82. The Morgan fingerprint density at radius 2 is 2.25 bits per heavy atom. The molecule has 0 aliphatic carbocycles. The lowest BCUT2D eigenvalue weighted by Gasteiger charge is -2.06. The van der Waals surface area contributed by atoms with Crippen LogP contribution in [0.2, 0.25) is 5.02 Å². The van der Waals surface area contributed by atoms with Crippen molar-refractivity contribution in [2.24, 2.45) is 0 Å². The third kappa shape index (κ3) is 2.29. The smallest absolute Gasteiger partial charge is 0.242 e. The third-order valence-electron chi connectivity index (χ3n) is 2.09. The van der Waals surface area contributed by atoms with Crippen LogP contribution in [-0.4, -0.2) is 13.3 Å². The molecule has 82 valence electrons. The standard InChI is InChI=1S/C10H7ClIN2OP/c11-6-2-1-3-8(9(6)16)14-4-7(10(12)15)13-5-14/h1-5H,16H2. The zero-order valence-corrected chi connectivity index (χ0v) is 12.1. The summed E-state index contributed by atoms with van der Waals surface area (Å²) >= 11 is 7.72. The van der Waals surface area contributed by atoms with Crippen LogP contribution >= 0.6 is 43.4 Å². The fourth-order valence-electron chi connectivity index (χ4n) is 1.31. The Labute approximate surface area is 114 Å². The summed E-state index contributed by atoms with van der Waals surface area (Å²) in [6.07, 6.45) is 3.29. The van der Waals surface area contributed by atoms with Crippen LogP contribution in [0.4, 0.5) is 0 Å². The Kier molecular flexibility index (Phi) is 3.62. The quantitative estimate of drug-likeness (QED) is 0.466. The van der Waals surface area contributed by atoms with Crippen LogP contribution in [0.1, 0.15) is 10.5 Å². The van der Waals surface area contributed by atoms with Gasteiger partial charge in [0.2, 0.25) is 3.79 Å². The van der Waals surface area contributed by atoms with Gasteiger partial charge in [0.15, 0.2) is 0 Å². The fourth-order valence-corrected chi connectivity index (χ4v) is 2.10. The second-order valence-corrected chi connectivity index (χ2v) is 5.08. The average Bonchev–Trinajstić information content (AvgIpc) is 2.71. The molecule has 16 heavy (non-hydrogen) atoms. The lowest BCUT2D eigenvalue weighted by atomic mass is 10.3. The van der Waals surface area contributed by atoms with Crippen molar-refractivity contribution in [1.82, 2.24) is 9.55 Å². The highest BCUT2D eigenvalue weighted by Crippen LogP contribution is 2.16. The highest BCUT2D eigenvalue weighted by atomic mass is 127. The molecule has 3 nitrogen and oxygen atoms in total. The minimum absolute atomic E-state index is 0.0799. The Morgan fingerprint density at radius 1 is 1.50 bits per heavy atom. The SMILES string of the molecule is O=C(I)c1cn(-c2cccc(Cl)c2P)cn1. The topological polar surface area (TPSA) is 34.9 Å². The highest BCUT2D eigenvalue weighted by Gasteiger charge is 2.08. The van der Waals surface area contributed by atoms with E-state index in [2.05, 4.69) is 14.2 Å². The molecule has 1 heterocycles. The maximum Gasteiger partial charge on any atom is 0.242 e. The number of nitrogens with zero attached hydrogens (tertiary/aromatic N) is 2. The first-order valence-corrected chi connectivity index (χ1v) is 6.41. The molecule has 2 aromatic rings. The van der Waals surface area contributed by atoms with E-state index in [9.17, 15) is 4.79 Å². The van der Waals surface area contributed by atoms with Crippen molar-refractivity contribution < 1.29 is 4.79 Å². The van der Waals surface area contributed by atoms with Gasteiger partial charge < -0.3 is 4.57 Å². The van der Waals surface area contributed by atoms with Crippen molar-refractivity contribution in [2.75, 3.05) is 0 Å². The number of carbonyl (C=O) groups is 1.